The second-order valence-corrected chi connectivity index (χ2v) is 9.33. The zero-order valence-electron chi connectivity index (χ0n) is 16.9. The van der Waals surface area contributed by atoms with Gasteiger partial charge >= 0.3 is 0 Å². The SMILES string of the molecule is NC1(C2C=CC(c3nc4nccn4cc3-c3ccccc3)=CC2)CC(O)(C2CC2)C1. The third-order valence-corrected chi connectivity index (χ3v) is 7.19. The first kappa shape index (κ1) is 18.0. The van der Waals surface area contributed by atoms with Crippen molar-refractivity contribution in [2.75, 3.05) is 0 Å². The lowest BCUT2D eigenvalue weighted by Crippen LogP contribution is -2.66. The van der Waals surface area contributed by atoms with E-state index in [0.717, 1.165) is 54.5 Å². The van der Waals surface area contributed by atoms with Crippen LogP contribution in [0.15, 0.2) is 67.2 Å². The molecule has 0 spiro atoms. The zero-order valence-corrected chi connectivity index (χ0v) is 16.9. The lowest BCUT2D eigenvalue weighted by molar-refractivity contribution is -0.115. The largest absolute Gasteiger partial charge is 0.389 e. The minimum Gasteiger partial charge on any atom is -0.389 e. The summed E-state index contributed by atoms with van der Waals surface area (Å²) in [5.41, 5.74) is 10.2. The summed E-state index contributed by atoms with van der Waals surface area (Å²) in [4.78, 5) is 9.25. The fourth-order valence-corrected chi connectivity index (χ4v) is 5.38. The molecule has 0 aliphatic heterocycles. The summed E-state index contributed by atoms with van der Waals surface area (Å²) in [6, 6.07) is 10.4. The standard InChI is InChI=1S/C25H26N4O/c26-24(15-25(30,16-24)20-10-11-20)19-8-6-18(7-9-19)22-21(17-4-2-1-3-5-17)14-29-13-12-27-23(29)28-22/h1-8,12-14,19-20,30H,9-11,15-16,26H2. The number of aliphatic hydroxyl groups is 1. The molecular formula is C25H26N4O. The summed E-state index contributed by atoms with van der Waals surface area (Å²) >= 11 is 0. The van der Waals surface area contributed by atoms with Crippen molar-refractivity contribution in [3.05, 3.63) is 72.8 Å². The number of rotatable bonds is 4. The Bertz CT molecular complexity index is 1170. The van der Waals surface area contributed by atoms with Crippen molar-refractivity contribution >= 4 is 11.4 Å². The van der Waals surface area contributed by atoms with E-state index in [1.165, 1.54) is 0 Å². The maximum atomic E-state index is 10.7. The predicted octanol–water partition coefficient (Wildman–Crippen LogP) is 3.99. The number of benzene rings is 1. The molecule has 0 bridgehead atoms. The van der Waals surface area contributed by atoms with E-state index < -0.39 is 5.60 Å². The number of nitrogens with zero attached hydrogens (tertiary/aromatic N) is 3. The topological polar surface area (TPSA) is 76.4 Å². The molecule has 0 amide bonds. The van der Waals surface area contributed by atoms with Gasteiger partial charge in [0.05, 0.1) is 11.3 Å². The number of hydrogen-bond acceptors (Lipinski definition) is 4. The second kappa shape index (κ2) is 6.37. The Balaban J connectivity index is 1.31. The van der Waals surface area contributed by atoms with Crippen LogP contribution in [0.3, 0.4) is 0 Å². The van der Waals surface area contributed by atoms with Crippen LogP contribution in [0.5, 0.6) is 0 Å². The number of allylic oxidation sites excluding steroid dienone is 3. The van der Waals surface area contributed by atoms with Crippen LogP contribution in [0.25, 0.3) is 22.5 Å². The molecule has 152 valence electrons. The van der Waals surface area contributed by atoms with Crippen LogP contribution in [0, 0.1) is 11.8 Å². The Morgan fingerprint density at radius 1 is 1.13 bits per heavy atom. The van der Waals surface area contributed by atoms with E-state index in [-0.39, 0.29) is 11.5 Å². The lowest BCUT2D eigenvalue weighted by Gasteiger charge is -2.55. The van der Waals surface area contributed by atoms with E-state index in [1.807, 2.05) is 28.8 Å². The fraction of sp³-hybridized carbons (Fsp3) is 0.360. The predicted molar refractivity (Wildman–Crippen MR) is 117 cm³/mol. The summed E-state index contributed by atoms with van der Waals surface area (Å²) in [5, 5.41) is 10.7. The van der Waals surface area contributed by atoms with Crippen molar-refractivity contribution in [2.45, 2.75) is 43.2 Å². The monoisotopic (exact) mass is 398 g/mol. The van der Waals surface area contributed by atoms with Gasteiger partial charge in [0.1, 0.15) is 0 Å². The van der Waals surface area contributed by atoms with E-state index in [1.54, 1.807) is 6.20 Å². The molecule has 3 aliphatic carbocycles. The molecule has 1 atom stereocenters. The molecule has 3 aromatic rings. The number of aromatic nitrogens is 3. The molecule has 30 heavy (non-hydrogen) atoms. The van der Waals surface area contributed by atoms with Gasteiger partial charge in [-0.05, 0) is 55.1 Å². The van der Waals surface area contributed by atoms with Crippen molar-refractivity contribution in [1.82, 2.24) is 14.4 Å². The Morgan fingerprint density at radius 2 is 1.93 bits per heavy atom. The van der Waals surface area contributed by atoms with E-state index in [9.17, 15) is 5.11 Å². The Morgan fingerprint density at radius 3 is 2.63 bits per heavy atom. The molecule has 3 N–H and O–H groups in total. The molecule has 3 aliphatic rings. The third kappa shape index (κ3) is 2.84. The maximum absolute atomic E-state index is 10.7. The van der Waals surface area contributed by atoms with Gasteiger partial charge in [0, 0.05) is 29.7 Å². The summed E-state index contributed by atoms with van der Waals surface area (Å²) in [6.45, 7) is 0. The van der Waals surface area contributed by atoms with E-state index >= 15 is 0 Å². The third-order valence-electron chi connectivity index (χ3n) is 7.19. The summed E-state index contributed by atoms with van der Waals surface area (Å²) in [5.74, 6) is 1.44. The van der Waals surface area contributed by atoms with Gasteiger partial charge in [-0.3, -0.25) is 4.40 Å². The summed E-state index contributed by atoms with van der Waals surface area (Å²) < 4.78 is 1.96. The highest BCUT2D eigenvalue weighted by Crippen LogP contribution is 2.56. The van der Waals surface area contributed by atoms with Crippen molar-refractivity contribution in [3.63, 3.8) is 0 Å². The molecule has 5 heteroatoms. The van der Waals surface area contributed by atoms with Gasteiger partial charge in [-0.2, -0.15) is 0 Å². The number of nitrogens with two attached hydrogens (primary N) is 1. The molecule has 2 fully saturated rings. The molecule has 2 heterocycles. The van der Waals surface area contributed by atoms with Crippen LogP contribution in [0.1, 0.15) is 37.8 Å². The van der Waals surface area contributed by atoms with Crippen molar-refractivity contribution in [3.8, 4) is 11.1 Å². The Labute approximate surface area is 176 Å². The van der Waals surface area contributed by atoms with Gasteiger partial charge in [-0.15, -0.1) is 0 Å². The van der Waals surface area contributed by atoms with Crippen LogP contribution in [0.2, 0.25) is 0 Å². The molecule has 2 saturated carbocycles. The Kier molecular flexibility index (Phi) is 3.83. The molecule has 0 radical (unpaired) electrons. The number of fused-ring (bicyclic) bond motifs is 1. The van der Waals surface area contributed by atoms with Gasteiger partial charge in [0.15, 0.2) is 0 Å². The lowest BCUT2D eigenvalue weighted by atomic mass is 9.57. The molecule has 6 rings (SSSR count). The van der Waals surface area contributed by atoms with Crippen LogP contribution in [-0.2, 0) is 0 Å². The highest BCUT2D eigenvalue weighted by atomic mass is 16.3. The van der Waals surface area contributed by atoms with Crippen molar-refractivity contribution in [2.24, 2.45) is 17.6 Å². The van der Waals surface area contributed by atoms with Gasteiger partial charge in [0.25, 0.3) is 0 Å². The fourth-order valence-electron chi connectivity index (χ4n) is 5.38. The highest BCUT2D eigenvalue weighted by Gasteiger charge is 2.60. The summed E-state index contributed by atoms with van der Waals surface area (Å²) in [6.07, 6.45) is 17.1. The molecule has 1 unspecified atom stereocenters. The molecule has 0 saturated heterocycles. The van der Waals surface area contributed by atoms with Gasteiger partial charge in [0.2, 0.25) is 5.78 Å². The first-order chi connectivity index (χ1) is 14.5. The van der Waals surface area contributed by atoms with Crippen molar-refractivity contribution < 1.29 is 5.11 Å². The molecule has 2 aromatic heterocycles. The van der Waals surface area contributed by atoms with Gasteiger partial charge in [-0.25, -0.2) is 9.97 Å². The number of imidazole rings is 1. The van der Waals surface area contributed by atoms with E-state index in [2.05, 4.69) is 41.5 Å². The van der Waals surface area contributed by atoms with Crippen molar-refractivity contribution in [1.29, 1.82) is 0 Å². The first-order valence-electron chi connectivity index (χ1n) is 10.8. The maximum Gasteiger partial charge on any atom is 0.234 e. The van der Waals surface area contributed by atoms with E-state index in [4.69, 9.17) is 10.7 Å². The van der Waals surface area contributed by atoms with Gasteiger partial charge < -0.3 is 10.8 Å². The smallest absolute Gasteiger partial charge is 0.234 e. The average molecular weight is 399 g/mol. The quantitative estimate of drug-likeness (QED) is 0.697. The summed E-state index contributed by atoms with van der Waals surface area (Å²) in [7, 11) is 0. The zero-order chi connectivity index (χ0) is 20.3. The van der Waals surface area contributed by atoms with Crippen LogP contribution >= 0.6 is 0 Å². The minimum absolute atomic E-state index is 0.260. The highest BCUT2D eigenvalue weighted by molar-refractivity contribution is 5.84. The molecular weight excluding hydrogens is 372 g/mol. The second-order valence-electron chi connectivity index (χ2n) is 9.33. The average Bonchev–Trinajstić information content (AvgIpc) is 3.51. The normalized spacial score (nSPS) is 30.9. The van der Waals surface area contributed by atoms with E-state index in [0.29, 0.717) is 11.7 Å². The first-order valence-corrected chi connectivity index (χ1v) is 10.8. The minimum atomic E-state index is -0.514. The molecule has 5 nitrogen and oxygen atoms in total. The van der Waals surface area contributed by atoms with Crippen LogP contribution in [0.4, 0.5) is 0 Å². The van der Waals surface area contributed by atoms with Gasteiger partial charge in [-0.1, -0.05) is 48.6 Å². The Hall–Kier alpha value is -2.76. The van der Waals surface area contributed by atoms with Crippen LogP contribution in [-0.4, -0.2) is 30.6 Å². The number of hydrogen-bond donors (Lipinski definition) is 2. The molecule has 1 aromatic carbocycles. The van der Waals surface area contributed by atoms with Crippen LogP contribution < -0.4 is 5.73 Å².